The number of anilines is 1. The average molecular weight is 411 g/mol. The number of aromatic nitrogens is 2. The van der Waals surface area contributed by atoms with Gasteiger partial charge in [0, 0.05) is 11.6 Å². The molecule has 150 valence electrons. The Morgan fingerprint density at radius 2 is 1.83 bits per heavy atom. The summed E-state index contributed by atoms with van der Waals surface area (Å²) in [6.45, 7) is 1.94. The molecule has 7 nitrogen and oxygen atoms in total. The van der Waals surface area contributed by atoms with Gasteiger partial charge in [0.1, 0.15) is 5.82 Å². The predicted octanol–water partition coefficient (Wildman–Crippen LogP) is 3.12. The van der Waals surface area contributed by atoms with Crippen LogP contribution in [0.5, 0.6) is 11.5 Å². The number of benzene rings is 2. The summed E-state index contributed by atoms with van der Waals surface area (Å²) in [5, 5.41) is 0.359. The smallest absolute Gasteiger partial charge is 0.275 e. The summed E-state index contributed by atoms with van der Waals surface area (Å²) in [6.07, 6.45) is 0. The van der Waals surface area contributed by atoms with Gasteiger partial charge in [0.2, 0.25) is 0 Å². The van der Waals surface area contributed by atoms with Crippen LogP contribution in [0.3, 0.4) is 0 Å². The first kappa shape index (κ1) is 20.5. The van der Waals surface area contributed by atoms with Crippen molar-refractivity contribution in [2.75, 3.05) is 25.7 Å². The Bertz CT molecular complexity index is 1110. The van der Waals surface area contributed by atoms with E-state index in [1.54, 1.807) is 22.8 Å². The Morgan fingerprint density at radius 1 is 1.10 bits per heavy atom. The van der Waals surface area contributed by atoms with Gasteiger partial charge < -0.3 is 15.2 Å². The van der Waals surface area contributed by atoms with Gasteiger partial charge in [-0.2, -0.15) is 4.98 Å². The molecule has 0 unspecified atom stereocenters. The molecule has 0 aliphatic carbocycles. The van der Waals surface area contributed by atoms with Crippen LogP contribution in [0.1, 0.15) is 15.9 Å². The molecular formula is C21H21N3O4S. The van der Waals surface area contributed by atoms with Crippen LogP contribution in [0.15, 0.2) is 58.5 Å². The van der Waals surface area contributed by atoms with Crippen LogP contribution >= 0.6 is 11.8 Å². The number of carbonyl (C=O) groups excluding carboxylic acids is 1. The van der Waals surface area contributed by atoms with Crippen molar-refractivity contribution in [3.8, 4) is 17.2 Å². The van der Waals surface area contributed by atoms with E-state index in [9.17, 15) is 9.59 Å². The van der Waals surface area contributed by atoms with E-state index in [1.807, 2.05) is 31.2 Å². The lowest BCUT2D eigenvalue weighted by Gasteiger charge is -2.16. The van der Waals surface area contributed by atoms with Gasteiger partial charge in [0.05, 0.1) is 25.7 Å². The maximum absolute atomic E-state index is 12.7. The molecule has 3 aromatic rings. The van der Waals surface area contributed by atoms with Gasteiger partial charge in [0.15, 0.2) is 22.4 Å². The standard InChI is InChI=1S/C21H21N3O4S/c1-13-6-4-5-7-15(13)24-19(22)11-20(26)23-21(24)29-12-16(25)14-8-9-17(27-2)18(10-14)28-3/h4-11H,12,22H2,1-3H3. The molecule has 0 saturated carbocycles. The predicted molar refractivity (Wildman–Crippen MR) is 114 cm³/mol. The highest BCUT2D eigenvalue weighted by Crippen LogP contribution is 2.29. The van der Waals surface area contributed by atoms with E-state index < -0.39 is 5.56 Å². The molecule has 1 heterocycles. The summed E-state index contributed by atoms with van der Waals surface area (Å²) >= 11 is 1.16. The normalized spacial score (nSPS) is 10.6. The Kier molecular flexibility index (Phi) is 6.23. The zero-order valence-corrected chi connectivity index (χ0v) is 17.2. The number of para-hydroxylation sites is 1. The zero-order chi connectivity index (χ0) is 21.0. The molecule has 29 heavy (non-hydrogen) atoms. The molecule has 0 aliphatic rings. The monoisotopic (exact) mass is 411 g/mol. The van der Waals surface area contributed by atoms with Crippen LogP contribution in [-0.2, 0) is 0 Å². The van der Waals surface area contributed by atoms with Gasteiger partial charge in [-0.15, -0.1) is 0 Å². The molecule has 2 aromatic carbocycles. The van der Waals surface area contributed by atoms with Crippen molar-refractivity contribution in [3.05, 3.63) is 70.0 Å². The minimum Gasteiger partial charge on any atom is -0.493 e. The number of hydrogen-bond donors (Lipinski definition) is 1. The maximum atomic E-state index is 12.7. The number of carbonyl (C=O) groups is 1. The fraction of sp³-hybridized carbons (Fsp3) is 0.190. The van der Waals surface area contributed by atoms with Crippen LogP contribution in [0.25, 0.3) is 5.69 Å². The number of nitrogens with zero attached hydrogens (tertiary/aromatic N) is 2. The fourth-order valence-corrected chi connectivity index (χ4v) is 3.77. The van der Waals surface area contributed by atoms with E-state index in [1.165, 1.54) is 20.3 Å². The number of ether oxygens (including phenoxy) is 2. The molecule has 0 amide bonds. The summed E-state index contributed by atoms with van der Waals surface area (Å²) < 4.78 is 12.1. The lowest BCUT2D eigenvalue weighted by molar-refractivity contribution is 0.102. The minimum atomic E-state index is -0.451. The quantitative estimate of drug-likeness (QED) is 0.362. The highest BCUT2D eigenvalue weighted by Gasteiger charge is 2.16. The highest BCUT2D eigenvalue weighted by molar-refractivity contribution is 7.99. The van der Waals surface area contributed by atoms with Crippen LogP contribution in [-0.4, -0.2) is 35.3 Å². The second kappa shape index (κ2) is 8.83. The number of aryl methyl sites for hydroxylation is 1. The molecule has 0 spiro atoms. The number of nitrogen functional groups attached to an aromatic ring is 1. The third kappa shape index (κ3) is 4.43. The number of nitrogens with two attached hydrogens (primary N) is 1. The van der Waals surface area contributed by atoms with E-state index >= 15 is 0 Å². The first-order valence-corrected chi connectivity index (χ1v) is 9.76. The number of hydrogen-bond acceptors (Lipinski definition) is 7. The lowest BCUT2D eigenvalue weighted by atomic mass is 10.1. The number of methoxy groups -OCH3 is 2. The summed E-state index contributed by atoms with van der Waals surface area (Å²) in [7, 11) is 3.05. The van der Waals surface area contributed by atoms with Crippen molar-refractivity contribution >= 4 is 23.4 Å². The van der Waals surface area contributed by atoms with E-state index in [4.69, 9.17) is 15.2 Å². The molecule has 0 radical (unpaired) electrons. The van der Waals surface area contributed by atoms with E-state index in [0.717, 1.165) is 23.0 Å². The zero-order valence-electron chi connectivity index (χ0n) is 16.3. The largest absolute Gasteiger partial charge is 0.493 e. The Morgan fingerprint density at radius 3 is 2.52 bits per heavy atom. The van der Waals surface area contributed by atoms with Crippen LogP contribution in [0, 0.1) is 6.92 Å². The second-order valence-corrected chi connectivity index (χ2v) is 7.15. The highest BCUT2D eigenvalue weighted by atomic mass is 32.2. The minimum absolute atomic E-state index is 0.0806. The number of Topliss-reactive ketones (excluding diaryl/α,β-unsaturated/α-hetero) is 1. The number of ketones is 1. The average Bonchev–Trinajstić information content (AvgIpc) is 2.72. The molecule has 0 saturated heterocycles. The fourth-order valence-electron chi connectivity index (χ4n) is 2.85. The van der Waals surface area contributed by atoms with Gasteiger partial charge in [-0.1, -0.05) is 30.0 Å². The second-order valence-electron chi connectivity index (χ2n) is 6.21. The molecule has 0 fully saturated rings. The molecule has 8 heteroatoms. The molecule has 0 atom stereocenters. The van der Waals surface area contributed by atoms with Crippen LogP contribution in [0.4, 0.5) is 5.82 Å². The van der Waals surface area contributed by atoms with E-state index in [0.29, 0.717) is 22.2 Å². The van der Waals surface area contributed by atoms with Crippen LogP contribution in [0.2, 0.25) is 0 Å². The van der Waals surface area contributed by atoms with Gasteiger partial charge in [-0.25, -0.2) is 0 Å². The van der Waals surface area contributed by atoms with Crippen molar-refractivity contribution in [2.24, 2.45) is 0 Å². The first-order chi connectivity index (χ1) is 13.9. The SMILES string of the molecule is COc1ccc(C(=O)CSc2nc(=O)cc(N)n2-c2ccccc2C)cc1OC. The summed E-state index contributed by atoms with van der Waals surface area (Å²) in [5.41, 5.74) is 7.90. The topological polar surface area (TPSA) is 96.4 Å². The first-order valence-electron chi connectivity index (χ1n) is 8.78. The molecule has 3 rings (SSSR count). The van der Waals surface area contributed by atoms with Gasteiger partial charge in [-0.05, 0) is 36.8 Å². The molecule has 0 aliphatic heterocycles. The third-order valence-electron chi connectivity index (χ3n) is 4.32. The van der Waals surface area contributed by atoms with Crippen molar-refractivity contribution in [1.82, 2.24) is 9.55 Å². The summed E-state index contributed by atoms with van der Waals surface area (Å²) in [6, 6.07) is 13.9. The van der Waals surface area contributed by atoms with Crippen molar-refractivity contribution in [3.63, 3.8) is 0 Å². The van der Waals surface area contributed by atoms with Crippen LogP contribution < -0.4 is 20.8 Å². The van der Waals surface area contributed by atoms with Crippen molar-refractivity contribution < 1.29 is 14.3 Å². The molecule has 0 bridgehead atoms. The van der Waals surface area contributed by atoms with Gasteiger partial charge in [-0.3, -0.25) is 14.2 Å². The lowest BCUT2D eigenvalue weighted by Crippen LogP contribution is -2.18. The van der Waals surface area contributed by atoms with E-state index in [2.05, 4.69) is 4.98 Å². The molecule has 2 N–H and O–H groups in total. The van der Waals surface area contributed by atoms with E-state index in [-0.39, 0.29) is 17.4 Å². The van der Waals surface area contributed by atoms with Gasteiger partial charge in [0.25, 0.3) is 5.56 Å². The Balaban J connectivity index is 1.90. The number of rotatable bonds is 7. The van der Waals surface area contributed by atoms with Crippen molar-refractivity contribution in [1.29, 1.82) is 0 Å². The Labute approximate surface area is 172 Å². The van der Waals surface area contributed by atoms with Gasteiger partial charge >= 0.3 is 0 Å². The maximum Gasteiger partial charge on any atom is 0.275 e. The number of thioether (sulfide) groups is 1. The summed E-state index contributed by atoms with van der Waals surface area (Å²) in [5.74, 6) is 1.23. The third-order valence-corrected chi connectivity index (χ3v) is 5.26. The van der Waals surface area contributed by atoms with Crippen molar-refractivity contribution in [2.45, 2.75) is 12.1 Å². The summed E-state index contributed by atoms with van der Waals surface area (Å²) in [4.78, 5) is 28.7. The Hall–Kier alpha value is -3.26. The molecular weight excluding hydrogens is 390 g/mol. The molecule has 1 aromatic heterocycles.